The number of likely N-dealkylation sites (N-methyl/N-ethyl adjacent to an activating group) is 2. The van der Waals surface area contributed by atoms with E-state index in [0.29, 0.717) is 81.5 Å². The molecule has 4 N–H and O–H groups in total. The number of pyridine rings is 8. The fourth-order valence-corrected chi connectivity index (χ4v) is 10.2. The quantitative estimate of drug-likeness (QED) is 0.0619. The summed E-state index contributed by atoms with van der Waals surface area (Å²) < 4.78 is 29.0. The van der Waals surface area contributed by atoms with E-state index in [9.17, 15) is 14.4 Å². The summed E-state index contributed by atoms with van der Waals surface area (Å²) in [5.41, 5.74) is 7.79. The molecule has 12 rings (SSSR count). The molecule has 0 saturated heterocycles. The number of aromatic nitrogens is 8. The second-order valence-electron chi connectivity index (χ2n) is 20.6. The van der Waals surface area contributed by atoms with Gasteiger partial charge in [0, 0.05) is 79.1 Å². The van der Waals surface area contributed by atoms with Gasteiger partial charge < -0.3 is 49.4 Å². The molecule has 488 valence electrons. The van der Waals surface area contributed by atoms with Crippen LogP contribution >= 0.6 is 27.5 Å². The van der Waals surface area contributed by atoms with Crippen molar-refractivity contribution in [1.82, 2.24) is 50.1 Å². The minimum absolute atomic E-state index is 0. The Labute approximate surface area is 584 Å². The molecule has 22 heteroatoms. The molecule has 0 bridgehead atoms. The summed E-state index contributed by atoms with van der Waals surface area (Å²) in [6.07, 6.45) is 8.93. The van der Waals surface area contributed by atoms with Crippen molar-refractivity contribution in [3.63, 3.8) is 0 Å². The van der Waals surface area contributed by atoms with Gasteiger partial charge in [0.25, 0.3) is 16.7 Å². The molecule has 1 saturated carbocycles. The van der Waals surface area contributed by atoms with Crippen molar-refractivity contribution < 1.29 is 58.3 Å². The van der Waals surface area contributed by atoms with Crippen molar-refractivity contribution in [2.75, 3.05) is 55.2 Å². The molecule has 8 heterocycles. The summed E-state index contributed by atoms with van der Waals surface area (Å²) in [6, 6.07) is 47.7. The Morgan fingerprint density at radius 3 is 1.39 bits per heavy atom. The Morgan fingerprint density at radius 1 is 0.564 bits per heavy atom. The first-order chi connectivity index (χ1) is 44.6. The first-order valence-electron chi connectivity index (χ1n) is 30.0. The summed E-state index contributed by atoms with van der Waals surface area (Å²) >= 11 is 9.10. The molecule has 1 fully saturated rings. The fraction of sp³-hybridized carbons (Fsp3) is 0.278. The predicted octanol–water partition coefficient (Wildman–Crippen LogP) is 10.3. The van der Waals surface area contributed by atoms with E-state index in [0.717, 1.165) is 66.0 Å². The summed E-state index contributed by atoms with van der Waals surface area (Å²) in [7, 11) is 8.94. The number of aryl methyl sites for hydroxylation is 2. The van der Waals surface area contributed by atoms with Crippen LogP contribution in [-0.4, -0.2) is 107 Å². The van der Waals surface area contributed by atoms with Gasteiger partial charge in [0.1, 0.15) is 33.7 Å². The maximum atomic E-state index is 13.5. The van der Waals surface area contributed by atoms with Crippen LogP contribution in [0, 0.1) is 13.8 Å². The van der Waals surface area contributed by atoms with Crippen LogP contribution in [0.3, 0.4) is 0 Å². The maximum absolute atomic E-state index is 13.5. The van der Waals surface area contributed by atoms with Gasteiger partial charge in [-0.1, -0.05) is 75.2 Å². The van der Waals surface area contributed by atoms with Gasteiger partial charge in [-0.3, -0.25) is 28.9 Å². The Morgan fingerprint density at radius 2 is 0.979 bits per heavy atom. The SMILES string of the molecule is C.CCOc1ccc2cc(-c3ccc(OC)cc3)c(=O)[nH]c2n1.CCOc1ccc2cc(-c3ccc(OC)cc3)c(=O)n(-c3ccc(C)nc3)c2n1.CC[O-].CN[C@@H]1CCCC[C@H]1NC.COc1ccc(-c2cc3ccc(Cl)nc3[nH]c2=O)cc1.Cc1ccc(Br)cn1.[Na+]. The fourth-order valence-electron chi connectivity index (χ4n) is 9.80. The number of hydrogen-bond acceptors (Lipinski definition) is 16. The zero-order chi connectivity index (χ0) is 66.1. The smallest absolute Gasteiger partial charge is 0.855 e. The zero-order valence-corrected chi connectivity index (χ0v) is 58.6. The topological polar surface area (TPSA) is 245 Å². The van der Waals surface area contributed by atoms with Gasteiger partial charge >= 0.3 is 29.6 Å². The summed E-state index contributed by atoms with van der Waals surface area (Å²) in [6.45, 7) is 10.3. The number of fused-ring (bicyclic) bond motifs is 3. The summed E-state index contributed by atoms with van der Waals surface area (Å²) in [5.74, 6) is 3.22. The Hall–Kier alpha value is -8.31. The van der Waals surface area contributed by atoms with Gasteiger partial charge in [0.05, 0.1) is 46.4 Å². The maximum Gasteiger partial charge on any atom is 1.00 e. The van der Waals surface area contributed by atoms with Gasteiger partial charge in [-0.15, -0.1) is 6.61 Å². The third-order valence-electron chi connectivity index (χ3n) is 14.5. The molecule has 1 aliphatic rings. The van der Waals surface area contributed by atoms with E-state index >= 15 is 0 Å². The number of benzene rings is 3. The number of nitrogens with one attached hydrogen (secondary N) is 4. The molecule has 0 unspecified atom stereocenters. The van der Waals surface area contributed by atoms with Gasteiger partial charge in [-0.05, 0) is 190 Å². The minimum Gasteiger partial charge on any atom is -0.855 e. The Bertz CT molecular complexity index is 4280. The number of halogens is 2. The second kappa shape index (κ2) is 38.8. The molecular weight excluding hydrogens is 1290 g/mol. The van der Waals surface area contributed by atoms with E-state index < -0.39 is 0 Å². The van der Waals surface area contributed by atoms with Crippen molar-refractivity contribution in [2.24, 2.45) is 0 Å². The summed E-state index contributed by atoms with van der Waals surface area (Å²) in [5, 5.41) is 18.5. The number of methoxy groups -OCH3 is 3. The third-order valence-corrected chi connectivity index (χ3v) is 15.2. The molecule has 94 heavy (non-hydrogen) atoms. The largest absolute Gasteiger partial charge is 1.00 e. The van der Waals surface area contributed by atoms with Crippen LogP contribution in [0.5, 0.6) is 29.0 Å². The molecule has 3 aromatic carbocycles. The first kappa shape index (κ1) is 76.4. The Kier molecular flexibility index (Phi) is 31.5. The van der Waals surface area contributed by atoms with E-state index in [4.69, 9.17) is 40.4 Å². The predicted molar refractivity (Wildman–Crippen MR) is 376 cm³/mol. The molecule has 19 nitrogen and oxygen atoms in total. The molecule has 2 atom stereocenters. The first-order valence-corrected chi connectivity index (χ1v) is 31.2. The molecule has 0 amide bonds. The second-order valence-corrected chi connectivity index (χ2v) is 21.9. The zero-order valence-electron chi connectivity index (χ0n) is 54.3. The molecular formula is C72H81BrClN10NaO9. The van der Waals surface area contributed by atoms with Crippen LogP contribution in [0.2, 0.25) is 5.15 Å². The van der Waals surface area contributed by atoms with Crippen molar-refractivity contribution in [3.05, 3.63) is 216 Å². The molecule has 0 radical (unpaired) electrons. The van der Waals surface area contributed by atoms with Crippen molar-refractivity contribution in [2.45, 2.75) is 79.8 Å². The van der Waals surface area contributed by atoms with Crippen molar-refractivity contribution in [3.8, 4) is 68.1 Å². The van der Waals surface area contributed by atoms with E-state index in [1.807, 2.05) is 161 Å². The van der Waals surface area contributed by atoms with E-state index in [1.54, 1.807) is 63.4 Å². The van der Waals surface area contributed by atoms with Gasteiger partial charge in [-0.25, -0.2) is 4.98 Å². The number of H-pyrrole nitrogens is 2. The number of ether oxygens (including phenoxy) is 5. The Balaban J connectivity index is 0.000000222. The van der Waals surface area contributed by atoms with Crippen LogP contribution in [0.15, 0.2) is 183 Å². The molecule has 8 aromatic heterocycles. The van der Waals surface area contributed by atoms with Crippen molar-refractivity contribution >= 4 is 60.6 Å². The average Bonchev–Trinajstić information content (AvgIpc) is 0.768. The summed E-state index contributed by atoms with van der Waals surface area (Å²) in [4.78, 5) is 64.8. The van der Waals surface area contributed by atoms with Crippen molar-refractivity contribution in [1.29, 1.82) is 0 Å². The van der Waals surface area contributed by atoms with Crippen LogP contribution in [0.4, 0.5) is 0 Å². The number of rotatable bonds is 13. The van der Waals surface area contributed by atoms with E-state index in [-0.39, 0.29) is 60.3 Å². The van der Waals surface area contributed by atoms with Gasteiger partial charge in [-0.2, -0.15) is 9.97 Å². The number of nitrogens with zero attached hydrogens (tertiary/aromatic N) is 6. The monoisotopic (exact) mass is 1370 g/mol. The number of hydrogen-bond donors (Lipinski definition) is 4. The minimum atomic E-state index is -0.197. The van der Waals surface area contributed by atoms with Crippen LogP contribution < -0.4 is 85.7 Å². The third kappa shape index (κ3) is 21.4. The van der Waals surface area contributed by atoms with Crippen LogP contribution in [-0.2, 0) is 0 Å². The molecule has 0 spiro atoms. The standard InChI is InChI=1S/C23H21N3O3.C17H16N2O3.C15H11ClN2O2.C8H18N2.C6H6BrN.C2H5O.CH4.Na/c1-4-29-21-12-8-17-13-20(16-6-10-19(28-3)11-7-16)23(27)26(22(17)25-21)18-9-5-15(2)24-14-18;1-3-22-15-9-6-12-10-14(17(20)19-16(12)18-15)11-4-7-13(21-2)8-5-11;1-20-11-5-2-9(3-6-11)12-8-10-4-7-13(16)17-14(10)18-15(12)19;1-9-7-5-3-4-6-8(7)10-2;1-5-2-3-6(7)4-8-5;1-2-3;;/h5-14H,4H2,1-3H3;4-10H,3H2,1-2H3,(H,18,19,20);2-8H,1H3,(H,17,18,19);7-10H,3-6H2,1-2H3;2-4H,1H3;2H2,1H3;1H4;/q;;;;;-1;;+1/t;;;7-,8-;;;;/m...1..../s1. The number of aromatic amines is 2. The normalized spacial score (nSPS) is 12.7. The average molecular weight is 1370 g/mol. The van der Waals surface area contributed by atoms with Crippen LogP contribution in [0.1, 0.15) is 65.3 Å². The van der Waals surface area contributed by atoms with Crippen LogP contribution in [0.25, 0.3) is 72.2 Å². The molecule has 1 aliphatic carbocycles. The van der Waals surface area contributed by atoms with E-state index in [1.165, 1.54) is 25.7 Å². The molecule has 0 aliphatic heterocycles. The van der Waals surface area contributed by atoms with Gasteiger partial charge in [0.15, 0.2) is 5.65 Å². The van der Waals surface area contributed by atoms with E-state index in [2.05, 4.69) is 75.5 Å². The van der Waals surface area contributed by atoms with Gasteiger partial charge in [0.2, 0.25) is 11.8 Å². The molecule has 11 aromatic rings.